The molecule has 2 N–H and O–H groups in total. The molecule has 0 aliphatic carbocycles. The average molecular weight is 388 g/mol. The number of fused-ring (bicyclic) bond motifs is 1. The number of halogens is 1. The Morgan fingerprint density at radius 3 is 2.44 bits per heavy atom. The van der Waals surface area contributed by atoms with E-state index in [0.717, 1.165) is 0 Å². The first-order chi connectivity index (χ1) is 13.0. The third-order valence-corrected chi connectivity index (χ3v) is 3.91. The van der Waals surface area contributed by atoms with Crippen molar-refractivity contribution in [2.75, 3.05) is 16.5 Å². The molecule has 0 bridgehead atoms. The van der Waals surface area contributed by atoms with E-state index in [1.54, 1.807) is 24.3 Å². The van der Waals surface area contributed by atoms with Crippen molar-refractivity contribution in [2.24, 2.45) is 0 Å². The Hall–Kier alpha value is -3.39. The quantitative estimate of drug-likeness (QED) is 0.374. The topological polar surface area (TPSA) is 114 Å². The molecule has 1 aromatic heterocycles. The van der Waals surface area contributed by atoms with Crippen LogP contribution in [0.15, 0.2) is 52.9 Å². The summed E-state index contributed by atoms with van der Waals surface area (Å²) in [6, 6.07) is 12.3. The van der Waals surface area contributed by atoms with Crippen LogP contribution in [-0.4, -0.2) is 22.6 Å². The first-order valence-electron chi connectivity index (χ1n) is 7.92. The summed E-state index contributed by atoms with van der Waals surface area (Å²) in [7, 11) is 0. The first kappa shape index (κ1) is 18.4. The Kier molecular flexibility index (Phi) is 5.37. The molecule has 1 heterocycles. The monoisotopic (exact) mass is 387 g/mol. The number of hydrogen-bond donors (Lipinski definition) is 2. The molecule has 3 aromatic rings. The summed E-state index contributed by atoms with van der Waals surface area (Å²) in [5.74, 6) is -0.869. The van der Waals surface area contributed by atoms with Crippen LogP contribution in [0.4, 0.5) is 17.1 Å². The van der Waals surface area contributed by atoms with Crippen LogP contribution < -0.4 is 10.6 Å². The van der Waals surface area contributed by atoms with Crippen molar-refractivity contribution in [2.45, 2.75) is 6.42 Å². The van der Waals surface area contributed by atoms with Crippen LogP contribution in [0.2, 0.25) is 0 Å². The molecule has 0 fully saturated rings. The number of carbonyl (C=O) groups is 2. The summed E-state index contributed by atoms with van der Waals surface area (Å²) in [5.41, 5.74) is 0.947. The maximum atomic E-state index is 12.6. The third kappa shape index (κ3) is 4.06. The average Bonchev–Trinajstić information content (AvgIpc) is 3.01. The highest BCUT2D eigenvalue weighted by Gasteiger charge is 2.22. The van der Waals surface area contributed by atoms with Crippen LogP contribution >= 0.6 is 11.6 Å². The fraction of sp³-hybridized carbons (Fsp3) is 0.111. The van der Waals surface area contributed by atoms with E-state index in [-0.39, 0.29) is 35.3 Å². The Balaban J connectivity index is 1.91. The molecule has 0 aliphatic heterocycles. The fourth-order valence-electron chi connectivity index (χ4n) is 2.47. The van der Waals surface area contributed by atoms with Crippen molar-refractivity contribution in [3.05, 3.63) is 64.4 Å². The van der Waals surface area contributed by atoms with E-state index in [1.807, 2.05) is 0 Å². The van der Waals surface area contributed by atoms with Gasteiger partial charge >= 0.3 is 0 Å². The van der Waals surface area contributed by atoms with Crippen molar-refractivity contribution in [1.29, 1.82) is 0 Å². The van der Waals surface area contributed by atoms with Gasteiger partial charge in [-0.3, -0.25) is 19.7 Å². The zero-order chi connectivity index (χ0) is 19.4. The standard InChI is InChI=1S/C18H14ClN3O5/c19-10-9-15(23)21-16-13-3-1-2-4-14(13)27-17(16)18(24)20-11-5-7-12(8-6-11)22(25)26/h1-8H,9-10H2,(H,20,24)(H,21,23). The Morgan fingerprint density at radius 1 is 1.07 bits per heavy atom. The molecule has 3 rings (SSSR count). The van der Waals surface area contributed by atoms with E-state index >= 15 is 0 Å². The van der Waals surface area contributed by atoms with Crippen molar-refractivity contribution in [3.8, 4) is 0 Å². The number of anilines is 2. The molecule has 0 aliphatic rings. The second-order valence-electron chi connectivity index (χ2n) is 5.55. The third-order valence-electron chi connectivity index (χ3n) is 3.72. The van der Waals surface area contributed by atoms with Gasteiger partial charge in [-0.05, 0) is 24.3 Å². The number of hydrogen-bond acceptors (Lipinski definition) is 5. The van der Waals surface area contributed by atoms with Gasteiger partial charge in [0, 0.05) is 35.5 Å². The van der Waals surface area contributed by atoms with Gasteiger partial charge in [-0.1, -0.05) is 12.1 Å². The number of carbonyl (C=O) groups excluding carboxylic acids is 2. The molecular weight excluding hydrogens is 374 g/mol. The minimum Gasteiger partial charge on any atom is -0.449 e. The van der Waals surface area contributed by atoms with E-state index in [9.17, 15) is 19.7 Å². The molecule has 27 heavy (non-hydrogen) atoms. The Labute approximate surface area is 158 Å². The van der Waals surface area contributed by atoms with E-state index in [2.05, 4.69) is 10.6 Å². The van der Waals surface area contributed by atoms with Crippen molar-refractivity contribution in [3.63, 3.8) is 0 Å². The van der Waals surface area contributed by atoms with Crippen LogP contribution in [0.5, 0.6) is 0 Å². The van der Waals surface area contributed by atoms with Crippen molar-refractivity contribution >= 4 is 51.4 Å². The molecular formula is C18H14ClN3O5. The fourth-order valence-corrected chi connectivity index (χ4v) is 2.64. The summed E-state index contributed by atoms with van der Waals surface area (Å²) < 4.78 is 5.61. The van der Waals surface area contributed by atoms with Crippen LogP contribution in [0.3, 0.4) is 0 Å². The van der Waals surface area contributed by atoms with Gasteiger partial charge in [0.05, 0.1) is 4.92 Å². The summed E-state index contributed by atoms with van der Waals surface area (Å²) in [5, 5.41) is 16.5. The van der Waals surface area contributed by atoms with Crippen LogP contribution in [0.25, 0.3) is 11.0 Å². The maximum absolute atomic E-state index is 12.6. The molecule has 0 saturated carbocycles. The molecule has 0 saturated heterocycles. The number of rotatable bonds is 6. The summed E-state index contributed by atoms with van der Waals surface area (Å²) in [4.78, 5) is 34.8. The number of para-hydroxylation sites is 1. The first-order valence-corrected chi connectivity index (χ1v) is 8.46. The van der Waals surface area contributed by atoms with Crippen molar-refractivity contribution in [1.82, 2.24) is 0 Å². The molecule has 8 nitrogen and oxygen atoms in total. The number of nitro groups is 1. The molecule has 0 atom stereocenters. The molecule has 0 unspecified atom stereocenters. The summed E-state index contributed by atoms with van der Waals surface area (Å²) >= 11 is 5.59. The highest BCUT2D eigenvalue weighted by molar-refractivity contribution is 6.20. The molecule has 9 heteroatoms. The lowest BCUT2D eigenvalue weighted by Gasteiger charge is -2.06. The van der Waals surface area contributed by atoms with Gasteiger partial charge in [0.15, 0.2) is 0 Å². The smallest absolute Gasteiger partial charge is 0.293 e. The zero-order valence-electron chi connectivity index (χ0n) is 13.9. The van der Waals surface area contributed by atoms with Gasteiger partial charge in [0.2, 0.25) is 11.7 Å². The molecule has 0 spiro atoms. The normalized spacial score (nSPS) is 10.6. The second kappa shape index (κ2) is 7.88. The summed E-state index contributed by atoms with van der Waals surface area (Å²) in [6.07, 6.45) is 0.0878. The van der Waals surface area contributed by atoms with E-state index < -0.39 is 10.8 Å². The Morgan fingerprint density at radius 2 is 1.78 bits per heavy atom. The number of nitrogens with one attached hydrogen (secondary N) is 2. The molecule has 2 amide bonds. The van der Waals surface area contributed by atoms with E-state index in [1.165, 1.54) is 24.3 Å². The lowest BCUT2D eigenvalue weighted by Crippen LogP contribution is -2.17. The van der Waals surface area contributed by atoms with Crippen LogP contribution in [0, 0.1) is 10.1 Å². The highest BCUT2D eigenvalue weighted by atomic mass is 35.5. The highest BCUT2D eigenvalue weighted by Crippen LogP contribution is 2.31. The van der Waals surface area contributed by atoms with Gasteiger partial charge in [0.1, 0.15) is 11.3 Å². The van der Waals surface area contributed by atoms with Gasteiger partial charge in [-0.2, -0.15) is 0 Å². The number of nitro benzene ring substituents is 1. The lowest BCUT2D eigenvalue weighted by atomic mass is 10.2. The predicted octanol–water partition coefficient (Wildman–Crippen LogP) is 4.16. The minimum absolute atomic E-state index is 0.0718. The number of non-ortho nitro benzene ring substituents is 1. The van der Waals surface area contributed by atoms with Crippen LogP contribution in [0.1, 0.15) is 17.0 Å². The SMILES string of the molecule is O=C(CCCl)Nc1c(C(=O)Nc2ccc([N+](=O)[O-])cc2)oc2ccccc12. The molecule has 138 valence electrons. The zero-order valence-corrected chi connectivity index (χ0v) is 14.7. The Bertz CT molecular complexity index is 1010. The minimum atomic E-state index is -0.596. The number of amides is 2. The van der Waals surface area contributed by atoms with Gasteiger partial charge in [-0.15, -0.1) is 11.6 Å². The number of alkyl halides is 1. The number of benzene rings is 2. The molecule has 2 aromatic carbocycles. The van der Waals surface area contributed by atoms with Gasteiger partial charge in [-0.25, -0.2) is 0 Å². The van der Waals surface area contributed by atoms with Crippen molar-refractivity contribution < 1.29 is 18.9 Å². The second-order valence-corrected chi connectivity index (χ2v) is 5.93. The van der Waals surface area contributed by atoms with E-state index in [0.29, 0.717) is 16.7 Å². The largest absolute Gasteiger partial charge is 0.449 e. The van der Waals surface area contributed by atoms with Crippen LogP contribution in [-0.2, 0) is 4.79 Å². The van der Waals surface area contributed by atoms with Gasteiger partial charge in [0.25, 0.3) is 11.6 Å². The number of nitrogens with zero attached hydrogens (tertiary/aromatic N) is 1. The lowest BCUT2D eigenvalue weighted by molar-refractivity contribution is -0.384. The predicted molar refractivity (Wildman–Crippen MR) is 101 cm³/mol. The van der Waals surface area contributed by atoms with E-state index in [4.69, 9.17) is 16.0 Å². The maximum Gasteiger partial charge on any atom is 0.293 e. The molecule has 0 radical (unpaired) electrons. The number of furan rings is 1. The summed E-state index contributed by atoms with van der Waals surface area (Å²) in [6.45, 7) is 0. The van der Waals surface area contributed by atoms with Gasteiger partial charge < -0.3 is 15.1 Å².